The lowest BCUT2D eigenvalue weighted by atomic mass is 10.0. The van der Waals surface area contributed by atoms with Gasteiger partial charge in [-0.1, -0.05) is 6.07 Å². The van der Waals surface area contributed by atoms with E-state index in [0.717, 1.165) is 11.1 Å². The maximum absolute atomic E-state index is 13.5. The van der Waals surface area contributed by atoms with Crippen LogP contribution in [0.25, 0.3) is 22.3 Å². The van der Waals surface area contributed by atoms with E-state index in [9.17, 15) is 14.0 Å². The maximum atomic E-state index is 13.5. The second-order valence-electron chi connectivity index (χ2n) is 7.96. The van der Waals surface area contributed by atoms with Crippen LogP contribution < -0.4 is 25.0 Å². The van der Waals surface area contributed by atoms with Crippen LogP contribution in [0.1, 0.15) is 11.1 Å². The zero-order valence-electron chi connectivity index (χ0n) is 19.7. The summed E-state index contributed by atoms with van der Waals surface area (Å²) in [5.74, 6) is 0.0579. The molecule has 0 aliphatic heterocycles. The number of benzene rings is 3. The molecule has 1 aromatic heterocycles. The summed E-state index contributed by atoms with van der Waals surface area (Å²) in [7, 11) is 3.02. The summed E-state index contributed by atoms with van der Waals surface area (Å²) in [5, 5.41) is 2.98. The molecule has 0 radical (unpaired) electrons. The molecule has 1 amide bonds. The van der Waals surface area contributed by atoms with E-state index < -0.39 is 23.8 Å². The zero-order chi connectivity index (χ0) is 25.1. The Morgan fingerprint density at radius 2 is 1.69 bits per heavy atom. The third-order valence-electron chi connectivity index (χ3n) is 5.42. The first-order chi connectivity index (χ1) is 16.8. The van der Waals surface area contributed by atoms with Crippen molar-refractivity contribution >= 4 is 22.6 Å². The quantitative estimate of drug-likeness (QED) is 0.391. The highest BCUT2D eigenvalue weighted by molar-refractivity contribution is 5.92. The van der Waals surface area contributed by atoms with Crippen molar-refractivity contribution in [2.75, 3.05) is 26.1 Å². The molecule has 0 atom stereocenters. The summed E-state index contributed by atoms with van der Waals surface area (Å²) < 4.78 is 35.7. The lowest BCUT2D eigenvalue weighted by Gasteiger charge is -2.14. The molecule has 4 rings (SSSR count). The Morgan fingerprint density at radius 1 is 0.971 bits per heavy atom. The highest BCUT2D eigenvalue weighted by Crippen LogP contribution is 2.37. The second-order valence-corrected chi connectivity index (χ2v) is 7.96. The van der Waals surface area contributed by atoms with Crippen LogP contribution >= 0.6 is 0 Å². The average Bonchev–Trinajstić information content (AvgIpc) is 2.83. The van der Waals surface area contributed by atoms with E-state index in [1.54, 1.807) is 24.3 Å². The third-order valence-corrected chi connectivity index (χ3v) is 5.42. The molecule has 0 spiro atoms. The molecule has 35 heavy (non-hydrogen) atoms. The van der Waals surface area contributed by atoms with Gasteiger partial charge in [-0.3, -0.25) is 9.59 Å². The third kappa shape index (κ3) is 4.96. The Hall–Kier alpha value is -4.33. The van der Waals surface area contributed by atoms with Crippen LogP contribution in [0.4, 0.5) is 10.1 Å². The van der Waals surface area contributed by atoms with Gasteiger partial charge in [-0.15, -0.1) is 0 Å². The van der Waals surface area contributed by atoms with Crippen molar-refractivity contribution in [1.29, 1.82) is 0 Å². The molecule has 1 heterocycles. The molecular formula is C27H24FNO6. The lowest BCUT2D eigenvalue weighted by molar-refractivity contribution is -0.118. The molecule has 0 unspecified atom stereocenters. The molecule has 180 valence electrons. The summed E-state index contributed by atoms with van der Waals surface area (Å²) in [6, 6.07) is 14.0. The number of hydrogen-bond donors (Lipinski definition) is 1. The molecule has 0 saturated carbocycles. The van der Waals surface area contributed by atoms with Crippen LogP contribution in [0.3, 0.4) is 0 Å². The molecule has 0 bridgehead atoms. The minimum atomic E-state index is -0.519. The number of anilines is 1. The van der Waals surface area contributed by atoms with E-state index in [-0.39, 0.29) is 11.5 Å². The van der Waals surface area contributed by atoms with Crippen molar-refractivity contribution in [3.05, 3.63) is 81.8 Å². The smallest absolute Gasteiger partial charge is 0.262 e. The Labute approximate surface area is 201 Å². The van der Waals surface area contributed by atoms with E-state index >= 15 is 0 Å². The fourth-order valence-electron chi connectivity index (χ4n) is 3.84. The standard InChI is InChI=1S/C27H24FNO6/c1-15-11-16(2)24-22(12-15)35-26(17-5-10-20(32-3)21(13-17)33-4)27(25(24)31)34-14-23(30)29-19-8-6-18(28)7-9-19/h5-13H,14H2,1-4H3,(H,29,30). The number of carbonyl (C=O) groups is 1. The van der Waals surface area contributed by atoms with Gasteiger partial charge in [-0.25, -0.2) is 4.39 Å². The number of methoxy groups -OCH3 is 2. The number of aryl methyl sites for hydroxylation is 2. The lowest BCUT2D eigenvalue weighted by Crippen LogP contribution is -2.22. The van der Waals surface area contributed by atoms with Crippen LogP contribution in [-0.2, 0) is 4.79 Å². The molecule has 0 aliphatic rings. The number of halogens is 1. The number of fused-ring (bicyclic) bond motifs is 1. The molecule has 0 aliphatic carbocycles. The summed E-state index contributed by atoms with van der Waals surface area (Å²) in [6.07, 6.45) is 0. The topological polar surface area (TPSA) is 87.0 Å². The van der Waals surface area contributed by atoms with Crippen molar-refractivity contribution in [1.82, 2.24) is 0 Å². The van der Waals surface area contributed by atoms with Gasteiger partial charge < -0.3 is 23.9 Å². The first kappa shape index (κ1) is 23.8. The molecule has 3 aromatic carbocycles. The predicted molar refractivity (Wildman–Crippen MR) is 131 cm³/mol. The Bertz CT molecular complexity index is 1460. The van der Waals surface area contributed by atoms with Gasteiger partial charge in [-0.2, -0.15) is 0 Å². The Kier molecular flexibility index (Phi) is 6.73. The monoisotopic (exact) mass is 477 g/mol. The van der Waals surface area contributed by atoms with Gasteiger partial charge in [0.05, 0.1) is 19.6 Å². The van der Waals surface area contributed by atoms with Crippen molar-refractivity contribution in [2.45, 2.75) is 13.8 Å². The minimum Gasteiger partial charge on any atom is -0.493 e. The highest BCUT2D eigenvalue weighted by atomic mass is 19.1. The largest absolute Gasteiger partial charge is 0.493 e. The molecule has 7 nitrogen and oxygen atoms in total. The van der Waals surface area contributed by atoms with Crippen LogP contribution in [0, 0.1) is 19.7 Å². The van der Waals surface area contributed by atoms with Gasteiger partial charge in [0.15, 0.2) is 23.9 Å². The number of ether oxygens (including phenoxy) is 3. The van der Waals surface area contributed by atoms with E-state index in [1.807, 2.05) is 19.9 Å². The molecule has 1 N–H and O–H groups in total. The fraction of sp³-hybridized carbons (Fsp3) is 0.185. The van der Waals surface area contributed by atoms with Crippen LogP contribution in [0.2, 0.25) is 0 Å². The first-order valence-electron chi connectivity index (χ1n) is 10.8. The minimum absolute atomic E-state index is 0.106. The SMILES string of the molecule is COc1ccc(-c2oc3cc(C)cc(C)c3c(=O)c2OCC(=O)Nc2ccc(F)cc2)cc1OC. The number of hydrogen-bond acceptors (Lipinski definition) is 6. The van der Waals surface area contributed by atoms with Gasteiger partial charge >= 0.3 is 0 Å². The summed E-state index contributed by atoms with van der Waals surface area (Å²) in [4.78, 5) is 26.0. The highest BCUT2D eigenvalue weighted by Gasteiger charge is 2.21. The average molecular weight is 477 g/mol. The van der Waals surface area contributed by atoms with E-state index in [1.165, 1.54) is 38.5 Å². The maximum Gasteiger partial charge on any atom is 0.262 e. The molecule has 4 aromatic rings. The van der Waals surface area contributed by atoms with Crippen molar-refractivity contribution in [3.8, 4) is 28.6 Å². The molecule has 0 fully saturated rings. The van der Waals surface area contributed by atoms with E-state index in [0.29, 0.717) is 33.7 Å². The summed E-state index contributed by atoms with van der Waals surface area (Å²) in [5.41, 5.74) is 2.58. The van der Waals surface area contributed by atoms with Crippen molar-refractivity contribution in [2.24, 2.45) is 0 Å². The van der Waals surface area contributed by atoms with Crippen molar-refractivity contribution in [3.63, 3.8) is 0 Å². The van der Waals surface area contributed by atoms with Gasteiger partial charge in [0, 0.05) is 11.3 Å². The first-order valence-corrected chi connectivity index (χ1v) is 10.8. The van der Waals surface area contributed by atoms with Gasteiger partial charge in [0.2, 0.25) is 11.2 Å². The molecular weight excluding hydrogens is 453 g/mol. The molecule has 8 heteroatoms. The number of carbonyl (C=O) groups excluding carboxylic acids is 1. The zero-order valence-corrected chi connectivity index (χ0v) is 19.7. The van der Waals surface area contributed by atoms with Crippen LogP contribution in [0.5, 0.6) is 17.2 Å². The normalized spacial score (nSPS) is 10.8. The van der Waals surface area contributed by atoms with Crippen LogP contribution in [0.15, 0.2) is 63.8 Å². The summed E-state index contributed by atoms with van der Waals surface area (Å²) in [6.45, 7) is 3.26. The summed E-state index contributed by atoms with van der Waals surface area (Å²) >= 11 is 0. The van der Waals surface area contributed by atoms with Crippen LogP contribution in [-0.4, -0.2) is 26.7 Å². The second kappa shape index (κ2) is 9.89. The number of amides is 1. The van der Waals surface area contributed by atoms with Gasteiger partial charge in [0.25, 0.3) is 5.91 Å². The number of rotatable bonds is 7. The molecule has 0 saturated heterocycles. The van der Waals surface area contributed by atoms with Crippen molar-refractivity contribution < 1.29 is 27.8 Å². The van der Waals surface area contributed by atoms with E-state index in [4.69, 9.17) is 18.6 Å². The predicted octanol–water partition coefficient (Wildman–Crippen LogP) is 5.25. The van der Waals surface area contributed by atoms with Gasteiger partial charge in [0.1, 0.15) is 11.4 Å². The Balaban J connectivity index is 1.77. The van der Waals surface area contributed by atoms with E-state index in [2.05, 4.69) is 5.32 Å². The van der Waals surface area contributed by atoms with Gasteiger partial charge in [-0.05, 0) is 73.5 Å². The fourth-order valence-corrected chi connectivity index (χ4v) is 3.84. The number of nitrogens with one attached hydrogen (secondary N) is 1. The Morgan fingerprint density at radius 3 is 2.37 bits per heavy atom.